The lowest BCUT2D eigenvalue weighted by molar-refractivity contribution is -0.121. The second-order valence-electron chi connectivity index (χ2n) is 6.03. The Labute approximate surface area is 141 Å². The fraction of sp³-hybridized carbons (Fsp3) is 0.588. The van der Waals surface area contributed by atoms with Crippen LogP contribution in [0.2, 0.25) is 0 Å². The minimum atomic E-state index is 0.136. The molecule has 23 heavy (non-hydrogen) atoms. The zero-order chi connectivity index (χ0) is 15.9. The number of nitrogens with one attached hydrogen (secondary N) is 1. The van der Waals surface area contributed by atoms with E-state index >= 15 is 0 Å². The Kier molecular flexibility index (Phi) is 5.80. The topological polar surface area (TPSA) is 59.8 Å². The van der Waals surface area contributed by atoms with Crippen LogP contribution in [0.25, 0.3) is 0 Å². The summed E-state index contributed by atoms with van der Waals surface area (Å²) in [5.74, 6) is 2.26. The van der Waals surface area contributed by atoms with Gasteiger partial charge in [0.25, 0.3) is 0 Å². The average molecular weight is 332 g/mol. The number of rotatable bonds is 7. The van der Waals surface area contributed by atoms with Gasteiger partial charge in [0.2, 0.25) is 5.91 Å². The number of carbonyl (C=O) groups is 1. The molecule has 124 valence electrons. The third kappa shape index (κ3) is 4.64. The Morgan fingerprint density at radius 1 is 1.26 bits per heavy atom. The largest absolute Gasteiger partial charge is 0.356 e. The van der Waals surface area contributed by atoms with Crippen molar-refractivity contribution in [2.75, 3.05) is 6.54 Å². The summed E-state index contributed by atoms with van der Waals surface area (Å²) in [6.07, 6.45) is 7.97. The first-order valence-electron chi connectivity index (χ1n) is 8.53. The van der Waals surface area contributed by atoms with Crippen molar-refractivity contribution in [2.45, 2.75) is 57.9 Å². The van der Waals surface area contributed by atoms with Crippen LogP contribution >= 0.6 is 11.3 Å². The Hall–Kier alpha value is -1.69. The molecule has 0 unspecified atom stereocenters. The number of nitrogens with zero attached hydrogens (tertiary/aromatic N) is 3. The Morgan fingerprint density at radius 2 is 2.22 bits per heavy atom. The molecule has 0 spiro atoms. The van der Waals surface area contributed by atoms with E-state index in [0.29, 0.717) is 13.0 Å². The molecule has 0 fully saturated rings. The van der Waals surface area contributed by atoms with Crippen LogP contribution in [0.15, 0.2) is 17.5 Å². The van der Waals surface area contributed by atoms with Crippen molar-refractivity contribution < 1.29 is 4.79 Å². The number of hydrogen-bond donors (Lipinski definition) is 1. The van der Waals surface area contributed by atoms with Crippen LogP contribution in [-0.2, 0) is 30.6 Å². The van der Waals surface area contributed by atoms with Gasteiger partial charge in [-0.3, -0.25) is 4.79 Å². The summed E-state index contributed by atoms with van der Waals surface area (Å²) in [6.45, 7) is 1.67. The monoisotopic (exact) mass is 332 g/mol. The third-order valence-electron chi connectivity index (χ3n) is 4.26. The molecule has 1 aliphatic heterocycles. The van der Waals surface area contributed by atoms with Crippen LogP contribution in [0, 0.1) is 0 Å². The van der Waals surface area contributed by atoms with Crippen LogP contribution in [0.5, 0.6) is 0 Å². The molecule has 3 rings (SSSR count). The van der Waals surface area contributed by atoms with Crippen molar-refractivity contribution in [1.29, 1.82) is 0 Å². The fourth-order valence-electron chi connectivity index (χ4n) is 3.01. The molecule has 0 radical (unpaired) electrons. The van der Waals surface area contributed by atoms with Crippen LogP contribution in [0.4, 0.5) is 0 Å². The Morgan fingerprint density at radius 3 is 3.09 bits per heavy atom. The van der Waals surface area contributed by atoms with Gasteiger partial charge in [0, 0.05) is 37.2 Å². The molecule has 1 aliphatic rings. The molecule has 0 atom stereocenters. The highest BCUT2D eigenvalue weighted by atomic mass is 32.1. The molecule has 5 nitrogen and oxygen atoms in total. The number of thiophene rings is 1. The first kappa shape index (κ1) is 16.2. The van der Waals surface area contributed by atoms with Crippen molar-refractivity contribution in [1.82, 2.24) is 20.1 Å². The number of aryl methyl sites for hydroxylation is 2. The van der Waals surface area contributed by atoms with E-state index in [1.807, 2.05) is 0 Å². The number of hydrogen-bond acceptors (Lipinski definition) is 4. The summed E-state index contributed by atoms with van der Waals surface area (Å²) in [5.41, 5.74) is 0. The maximum absolute atomic E-state index is 11.9. The van der Waals surface area contributed by atoms with E-state index in [9.17, 15) is 4.79 Å². The van der Waals surface area contributed by atoms with E-state index in [-0.39, 0.29) is 5.91 Å². The average Bonchev–Trinajstić information content (AvgIpc) is 3.13. The lowest BCUT2D eigenvalue weighted by Gasteiger charge is -2.08. The van der Waals surface area contributed by atoms with Gasteiger partial charge < -0.3 is 9.88 Å². The van der Waals surface area contributed by atoms with Gasteiger partial charge in [-0.25, -0.2) is 0 Å². The van der Waals surface area contributed by atoms with E-state index in [1.165, 1.54) is 24.1 Å². The van der Waals surface area contributed by atoms with Gasteiger partial charge in [0.15, 0.2) is 0 Å². The summed E-state index contributed by atoms with van der Waals surface area (Å²) >= 11 is 1.76. The molecule has 0 saturated heterocycles. The standard InChI is InChI=1S/C17H24N4OS/c22-17(9-4-6-14-7-5-13-23-14)18-11-10-16-20-19-15-8-2-1-3-12-21(15)16/h5,7,13H,1-4,6,8-12H2,(H,18,22). The van der Waals surface area contributed by atoms with Crippen molar-refractivity contribution in [3.8, 4) is 0 Å². The molecule has 6 heteroatoms. The van der Waals surface area contributed by atoms with Crippen molar-refractivity contribution in [3.05, 3.63) is 34.0 Å². The van der Waals surface area contributed by atoms with Crippen molar-refractivity contribution in [3.63, 3.8) is 0 Å². The fourth-order valence-corrected chi connectivity index (χ4v) is 3.76. The first-order valence-corrected chi connectivity index (χ1v) is 9.41. The third-order valence-corrected chi connectivity index (χ3v) is 5.20. The highest BCUT2D eigenvalue weighted by Gasteiger charge is 2.14. The lowest BCUT2D eigenvalue weighted by Crippen LogP contribution is -2.26. The lowest BCUT2D eigenvalue weighted by atomic mass is 10.2. The SMILES string of the molecule is O=C(CCCc1cccs1)NCCc1nnc2n1CCCCC2. The molecule has 1 amide bonds. The predicted molar refractivity (Wildman–Crippen MR) is 91.5 cm³/mol. The van der Waals surface area contributed by atoms with Crippen LogP contribution in [0.3, 0.4) is 0 Å². The second kappa shape index (κ2) is 8.24. The quantitative estimate of drug-likeness (QED) is 0.848. The highest BCUT2D eigenvalue weighted by molar-refractivity contribution is 7.09. The normalized spacial score (nSPS) is 14.3. The molecule has 0 aromatic carbocycles. The summed E-state index contributed by atoms with van der Waals surface area (Å²) in [5, 5.41) is 13.7. The number of aromatic nitrogens is 3. The van der Waals surface area contributed by atoms with Gasteiger partial charge in [0.05, 0.1) is 0 Å². The zero-order valence-electron chi connectivity index (χ0n) is 13.5. The summed E-state index contributed by atoms with van der Waals surface area (Å²) in [4.78, 5) is 13.2. The van der Waals surface area contributed by atoms with Crippen molar-refractivity contribution in [2.24, 2.45) is 0 Å². The van der Waals surface area contributed by atoms with Gasteiger partial charge >= 0.3 is 0 Å². The van der Waals surface area contributed by atoms with E-state index in [0.717, 1.165) is 43.9 Å². The molecular formula is C17H24N4OS. The molecule has 0 aliphatic carbocycles. The Balaban J connectivity index is 1.37. The van der Waals surface area contributed by atoms with E-state index in [1.54, 1.807) is 11.3 Å². The summed E-state index contributed by atoms with van der Waals surface area (Å²) < 4.78 is 2.25. The van der Waals surface area contributed by atoms with Gasteiger partial charge in [-0.15, -0.1) is 21.5 Å². The second-order valence-corrected chi connectivity index (χ2v) is 7.06. The highest BCUT2D eigenvalue weighted by Crippen LogP contribution is 2.14. The maximum Gasteiger partial charge on any atom is 0.220 e. The van der Waals surface area contributed by atoms with Crippen molar-refractivity contribution >= 4 is 17.2 Å². The smallest absolute Gasteiger partial charge is 0.220 e. The molecular weight excluding hydrogens is 308 g/mol. The van der Waals surface area contributed by atoms with Gasteiger partial charge in [0.1, 0.15) is 11.6 Å². The van der Waals surface area contributed by atoms with Gasteiger partial charge in [-0.2, -0.15) is 0 Å². The predicted octanol–water partition coefficient (Wildman–Crippen LogP) is 2.75. The molecule has 0 saturated carbocycles. The molecule has 3 heterocycles. The van der Waals surface area contributed by atoms with Gasteiger partial charge in [-0.1, -0.05) is 12.5 Å². The molecule has 2 aromatic rings. The van der Waals surface area contributed by atoms with E-state index < -0.39 is 0 Å². The number of amides is 1. The first-order chi connectivity index (χ1) is 11.3. The minimum Gasteiger partial charge on any atom is -0.356 e. The summed E-state index contributed by atoms with van der Waals surface area (Å²) in [6, 6.07) is 4.18. The van der Waals surface area contributed by atoms with E-state index in [2.05, 4.69) is 37.6 Å². The van der Waals surface area contributed by atoms with Gasteiger partial charge in [-0.05, 0) is 37.1 Å². The van der Waals surface area contributed by atoms with Crippen LogP contribution in [-0.4, -0.2) is 27.2 Å². The number of fused-ring (bicyclic) bond motifs is 1. The van der Waals surface area contributed by atoms with Crippen LogP contribution < -0.4 is 5.32 Å². The summed E-state index contributed by atoms with van der Waals surface area (Å²) in [7, 11) is 0. The number of carbonyl (C=O) groups excluding carboxylic acids is 1. The molecule has 0 bridgehead atoms. The van der Waals surface area contributed by atoms with Crippen LogP contribution in [0.1, 0.15) is 48.6 Å². The zero-order valence-corrected chi connectivity index (χ0v) is 14.3. The molecule has 1 N–H and O–H groups in total. The maximum atomic E-state index is 11.9. The molecule has 2 aromatic heterocycles. The minimum absolute atomic E-state index is 0.136. The Bertz CT molecular complexity index is 621. The van der Waals surface area contributed by atoms with E-state index in [4.69, 9.17) is 0 Å².